The lowest BCUT2D eigenvalue weighted by atomic mass is 10.1. The summed E-state index contributed by atoms with van der Waals surface area (Å²) in [6.45, 7) is 0.882. The average molecular weight is 464 g/mol. The normalized spacial score (nSPS) is 16.1. The molecule has 4 rings (SSSR count). The van der Waals surface area contributed by atoms with Crippen LogP contribution in [0.25, 0.3) is 11.3 Å². The summed E-state index contributed by atoms with van der Waals surface area (Å²) in [5, 5.41) is 2.92. The molecule has 5 nitrogen and oxygen atoms in total. The molecule has 3 heterocycles. The van der Waals surface area contributed by atoms with Crippen molar-refractivity contribution in [3.8, 4) is 11.3 Å². The number of nitrogens with one attached hydrogen (secondary N) is 2. The highest BCUT2D eigenvalue weighted by molar-refractivity contribution is 8.45. The number of benzene rings is 1. The topological polar surface area (TPSA) is 54.8 Å². The minimum atomic E-state index is -9.75. The van der Waals surface area contributed by atoms with Crippen LogP contribution in [0.3, 0.4) is 0 Å². The standard InChI is InChI=1S/C18H18F5N5S2/c1-24-29-12-4-6-15(14(9-12)16-11-28-8-2-3-18(28)27-16)26-17-7-5-13(10-25-17)30(19,20,21,22)23/h4-7,9-11,24H,2-3,8H2,1H3,(H,25,26). The third-order valence-electron chi connectivity index (χ3n) is 4.59. The predicted octanol–water partition coefficient (Wildman–Crippen LogP) is 6.52. The number of pyridine rings is 1. The van der Waals surface area contributed by atoms with Crippen molar-refractivity contribution < 1.29 is 19.4 Å². The van der Waals surface area contributed by atoms with Crippen LogP contribution in [0.5, 0.6) is 0 Å². The van der Waals surface area contributed by atoms with Crippen molar-refractivity contribution in [2.75, 3.05) is 12.4 Å². The number of hydrogen-bond donors (Lipinski definition) is 2. The van der Waals surface area contributed by atoms with Gasteiger partial charge in [-0.2, -0.15) is 0 Å². The van der Waals surface area contributed by atoms with Crippen molar-refractivity contribution in [3.63, 3.8) is 0 Å². The lowest BCUT2D eigenvalue weighted by molar-refractivity contribution is 0.363. The van der Waals surface area contributed by atoms with Crippen molar-refractivity contribution >= 4 is 33.7 Å². The summed E-state index contributed by atoms with van der Waals surface area (Å²) in [5.41, 5.74) is 2.00. The molecule has 1 aliphatic heterocycles. The van der Waals surface area contributed by atoms with Crippen LogP contribution in [0.1, 0.15) is 12.2 Å². The summed E-state index contributed by atoms with van der Waals surface area (Å²) in [5.74, 6) is 0.989. The fourth-order valence-electron chi connectivity index (χ4n) is 3.23. The second kappa shape index (κ2) is 6.59. The maximum Gasteiger partial charge on any atom is 0.311 e. The number of aryl methyl sites for hydroxylation is 2. The first-order chi connectivity index (χ1) is 13.9. The SMILES string of the molecule is CNSc1ccc(Nc2ccc(S(F)(F)(F)(F)F)cn2)c(-c2cn3c(n2)CCC3)c1. The first-order valence-corrected chi connectivity index (χ1v) is 11.7. The van der Waals surface area contributed by atoms with E-state index >= 15 is 0 Å². The maximum atomic E-state index is 12.9. The Hall–Kier alpha value is -2.31. The van der Waals surface area contributed by atoms with Crippen LogP contribution in [-0.4, -0.2) is 21.6 Å². The molecule has 2 N–H and O–H groups in total. The Balaban J connectivity index is 1.68. The van der Waals surface area contributed by atoms with Gasteiger partial charge in [0.05, 0.1) is 11.9 Å². The molecule has 30 heavy (non-hydrogen) atoms. The van der Waals surface area contributed by atoms with Gasteiger partial charge in [-0.1, -0.05) is 19.4 Å². The van der Waals surface area contributed by atoms with Gasteiger partial charge in [0.2, 0.25) is 0 Å². The van der Waals surface area contributed by atoms with Crippen LogP contribution in [0.2, 0.25) is 0 Å². The first kappa shape index (κ1) is 20.9. The van der Waals surface area contributed by atoms with Gasteiger partial charge in [0.15, 0.2) is 0 Å². The number of hydrogen-bond acceptors (Lipinski definition) is 5. The summed E-state index contributed by atoms with van der Waals surface area (Å²) in [6, 6.07) is 6.69. The smallest absolute Gasteiger partial charge is 0.311 e. The Morgan fingerprint density at radius 2 is 1.90 bits per heavy atom. The van der Waals surface area contributed by atoms with E-state index in [2.05, 4.69) is 24.6 Å². The summed E-state index contributed by atoms with van der Waals surface area (Å²) in [4.78, 5) is 7.10. The largest absolute Gasteiger partial charge is 0.340 e. The number of nitrogens with zero attached hydrogens (tertiary/aromatic N) is 3. The Morgan fingerprint density at radius 3 is 2.53 bits per heavy atom. The van der Waals surface area contributed by atoms with Gasteiger partial charge in [-0.15, -0.1) is 0 Å². The Kier molecular flexibility index (Phi) is 4.60. The summed E-state index contributed by atoms with van der Waals surface area (Å²) in [7, 11) is -7.97. The molecule has 0 bridgehead atoms. The molecule has 0 radical (unpaired) electrons. The Morgan fingerprint density at radius 1 is 1.10 bits per heavy atom. The lowest BCUT2D eigenvalue weighted by Crippen LogP contribution is -2.07. The minimum absolute atomic E-state index is 0.0163. The first-order valence-electron chi connectivity index (χ1n) is 8.94. The van der Waals surface area contributed by atoms with Gasteiger partial charge in [0, 0.05) is 35.3 Å². The van der Waals surface area contributed by atoms with E-state index in [1.807, 2.05) is 18.3 Å². The average Bonchev–Trinajstić information content (AvgIpc) is 3.24. The quantitative estimate of drug-likeness (QED) is 0.322. The molecule has 162 valence electrons. The van der Waals surface area contributed by atoms with Crippen molar-refractivity contribution in [1.29, 1.82) is 0 Å². The van der Waals surface area contributed by atoms with Crippen LogP contribution in [-0.2, 0) is 13.0 Å². The monoisotopic (exact) mass is 463 g/mol. The molecular weight excluding hydrogens is 445 g/mol. The van der Waals surface area contributed by atoms with Crippen LogP contribution in [0.15, 0.2) is 52.5 Å². The number of anilines is 2. The van der Waals surface area contributed by atoms with E-state index in [1.165, 1.54) is 11.9 Å². The van der Waals surface area contributed by atoms with Gasteiger partial charge < -0.3 is 9.88 Å². The Bertz CT molecular complexity index is 1080. The van der Waals surface area contributed by atoms with Crippen molar-refractivity contribution in [3.05, 3.63) is 48.5 Å². The van der Waals surface area contributed by atoms with E-state index in [0.29, 0.717) is 11.8 Å². The molecule has 2 aromatic heterocycles. The third kappa shape index (κ3) is 4.40. The zero-order valence-electron chi connectivity index (χ0n) is 15.7. The number of fused-ring (bicyclic) bond motifs is 1. The lowest BCUT2D eigenvalue weighted by Gasteiger charge is -2.40. The van der Waals surface area contributed by atoms with Gasteiger partial charge in [0.25, 0.3) is 0 Å². The molecule has 12 heteroatoms. The van der Waals surface area contributed by atoms with E-state index in [4.69, 9.17) is 0 Å². The van der Waals surface area contributed by atoms with E-state index in [-0.39, 0.29) is 12.0 Å². The molecule has 1 aliphatic rings. The third-order valence-corrected chi connectivity index (χ3v) is 6.42. The number of halogens is 5. The number of imidazole rings is 1. The summed E-state index contributed by atoms with van der Waals surface area (Å²) >= 11 is 1.40. The highest BCUT2D eigenvalue weighted by atomic mass is 32.5. The predicted molar refractivity (Wildman–Crippen MR) is 110 cm³/mol. The van der Waals surface area contributed by atoms with E-state index in [9.17, 15) is 19.4 Å². The van der Waals surface area contributed by atoms with Crippen LogP contribution in [0, 0.1) is 0 Å². The molecule has 0 saturated carbocycles. The van der Waals surface area contributed by atoms with Crippen molar-refractivity contribution in [1.82, 2.24) is 19.3 Å². The van der Waals surface area contributed by atoms with Gasteiger partial charge in [-0.25, -0.2) is 9.97 Å². The molecule has 0 aliphatic carbocycles. The van der Waals surface area contributed by atoms with Gasteiger partial charge in [-0.05, 0) is 55.7 Å². The zero-order valence-corrected chi connectivity index (χ0v) is 17.3. The highest BCUT2D eigenvalue weighted by Gasteiger charge is 2.65. The number of rotatable bonds is 6. The molecule has 0 saturated heterocycles. The van der Waals surface area contributed by atoms with E-state index in [0.717, 1.165) is 47.4 Å². The fourth-order valence-corrected chi connectivity index (χ4v) is 4.36. The molecule has 0 amide bonds. The molecule has 0 fully saturated rings. The van der Waals surface area contributed by atoms with Crippen LogP contribution >= 0.6 is 22.2 Å². The van der Waals surface area contributed by atoms with Crippen molar-refractivity contribution in [2.45, 2.75) is 29.2 Å². The number of aromatic nitrogens is 3. The molecule has 0 spiro atoms. The molecule has 0 unspecified atom stereocenters. The van der Waals surface area contributed by atoms with Crippen molar-refractivity contribution in [2.24, 2.45) is 0 Å². The maximum absolute atomic E-state index is 12.9. The summed E-state index contributed by atoms with van der Waals surface area (Å²) < 4.78 is 69.6. The van der Waals surface area contributed by atoms with Gasteiger partial charge in [-0.3, -0.25) is 4.72 Å². The van der Waals surface area contributed by atoms with Gasteiger partial charge >= 0.3 is 10.2 Å². The van der Waals surface area contributed by atoms with E-state index in [1.54, 1.807) is 13.1 Å². The summed E-state index contributed by atoms with van der Waals surface area (Å²) in [6.07, 6.45) is 4.00. The Labute approximate surface area is 174 Å². The minimum Gasteiger partial charge on any atom is -0.340 e. The van der Waals surface area contributed by atoms with E-state index < -0.39 is 15.1 Å². The highest BCUT2D eigenvalue weighted by Crippen LogP contribution is 3.02. The second-order valence-corrected chi connectivity index (χ2v) is 10.3. The van der Waals surface area contributed by atoms with Crippen LogP contribution < -0.4 is 10.0 Å². The van der Waals surface area contributed by atoms with Gasteiger partial charge in [0.1, 0.15) is 16.5 Å². The molecule has 3 aromatic rings. The fraction of sp³-hybridized carbons (Fsp3) is 0.222. The molecule has 1 aromatic carbocycles. The second-order valence-electron chi connectivity index (χ2n) is 6.83. The molecular formula is C18H18F5N5S2. The zero-order chi connectivity index (χ0) is 21.6. The molecule has 0 atom stereocenters. The van der Waals surface area contributed by atoms with Crippen LogP contribution in [0.4, 0.5) is 30.9 Å².